The lowest BCUT2D eigenvalue weighted by Crippen LogP contribution is -2.68. The summed E-state index contributed by atoms with van der Waals surface area (Å²) < 4.78 is 84.4. The quantitative estimate of drug-likeness (QED) is 0.186. The molecule has 1 unspecified atom stereocenters. The van der Waals surface area contributed by atoms with E-state index >= 15 is 0 Å². The molecule has 1 atom stereocenters. The first-order valence-corrected chi connectivity index (χ1v) is 15.7. The Hall–Kier alpha value is -4.14. The van der Waals surface area contributed by atoms with Crippen molar-refractivity contribution in [1.29, 1.82) is 0 Å². The summed E-state index contributed by atoms with van der Waals surface area (Å²) in [5.41, 5.74) is -1.94. The van der Waals surface area contributed by atoms with Crippen LogP contribution in [-0.2, 0) is 25.8 Å². The zero-order valence-corrected chi connectivity index (χ0v) is 26.0. The fraction of sp³-hybridized carbons (Fsp3) is 0.290. The Bertz CT molecular complexity index is 1830. The van der Waals surface area contributed by atoms with E-state index in [4.69, 9.17) is 11.6 Å². The molecule has 0 saturated carbocycles. The molecule has 2 aliphatic heterocycles. The van der Waals surface area contributed by atoms with Gasteiger partial charge in [-0.2, -0.15) is 13.2 Å². The minimum atomic E-state index is -4.81. The zero-order chi connectivity index (χ0) is 33.8. The minimum absolute atomic E-state index is 0.0119. The predicted molar refractivity (Wildman–Crippen MR) is 164 cm³/mol. The SMILES string of the molecule is C/C(=C\c1ccc2c(c1)N(S(=O)(=O)c1cccc(C(F)(F)F)c1)CC1CN(C(C)(C(=O)O)C(=O)O)CCN21)c1c(F)cccc1Cl. The second kappa shape index (κ2) is 11.9. The van der Waals surface area contributed by atoms with E-state index in [0.29, 0.717) is 22.9 Å². The van der Waals surface area contributed by atoms with Gasteiger partial charge in [0.25, 0.3) is 10.0 Å². The molecule has 5 rings (SSSR count). The maximum atomic E-state index is 14.6. The average Bonchev–Trinajstić information content (AvgIpc) is 2.99. The molecule has 2 aliphatic rings. The van der Waals surface area contributed by atoms with Crippen molar-refractivity contribution in [2.45, 2.75) is 36.5 Å². The van der Waals surface area contributed by atoms with Crippen LogP contribution in [0.4, 0.5) is 28.9 Å². The summed E-state index contributed by atoms with van der Waals surface area (Å²) in [6.07, 6.45) is -3.22. The molecule has 15 heteroatoms. The summed E-state index contributed by atoms with van der Waals surface area (Å²) in [6.45, 7) is 2.31. The number of benzene rings is 3. The van der Waals surface area contributed by atoms with Crippen molar-refractivity contribution >= 4 is 56.6 Å². The summed E-state index contributed by atoms with van der Waals surface area (Å²) in [5.74, 6) is -3.76. The van der Waals surface area contributed by atoms with Crippen LogP contribution in [0.1, 0.15) is 30.5 Å². The number of aliphatic carboxylic acids is 2. The molecule has 1 fully saturated rings. The second-order valence-corrected chi connectivity index (χ2v) is 13.5. The summed E-state index contributed by atoms with van der Waals surface area (Å²) in [6, 6.07) is 11.6. The molecule has 9 nitrogen and oxygen atoms in total. The first-order valence-electron chi connectivity index (χ1n) is 13.9. The number of carboxylic acid groups (broad SMARTS) is 2. The summed E-state index contributed by atoms with van der Waals surface area (Å²) >= 11 is 6.23. The Morgan fingerprint density at radius 1 is 0.957 bits per heavy atom. The molecule has 244 valence electrons. The number of piperazine rings is 1. The van der Waals surface area contributed by atoms with Crippen LogP contribution in [0.25, 0.3) is 11.6 Å². The molecule has 0 amide bonds. The van der Waals surface area contributed by atoms with E-state index in [1.165, 1.54) is 29.2 Å². The van der Waals surface area contributed by atoms with E-state index in [9.17, 15) is 45.8 Å². The highest BCUT2D eigenvalue weighted by atomic mass is 35.5. The number of hydrogen-bond acceptors (Lipinski definition) is 6. The molecule has 2 heterocycles. The van der Waals surface area contributed by atoms with E-state index < -0.39 is 56.0 Å². The van der Waals surface area contributed by atoms with Crippen LogP contribution in [0.15, 0.2) is 65.6 Å². The zero-order valence-electron chi connectivity index (χ0n) is 24.4. The summed E-state index contributed by atoms with van der Waals surface area (Å²) in [5, 5.41) is 19.7. The van der Waals surface area contributed by atoms with Gasteiger partial charge in [-0.25, -0.2) is 22.4 Å². The van der Waals surface area contributed by atoms with E-state index in [0.717, 1.165) is 29.4 Å². The highest BCUT2D eigenvalue weighted by Crippen LogP contribution is 2.42. The highest BCUT2D eigenvalue weighted by Gasteiger charge is 2.51. The number of alkyl halides is 3. The van der Waals surface area contributed by atoms with Gasteiger partial charge in [-0.1, -0.05) is 35.9 Å². The molecular formula is C31H28ClF4N3O6S. The fourth-order valence-corrected chi connectivity index (χ4v) is 7.71. The van der Waals surface area contributed by atoms with Crippen LogP contribution >= 0.6 is 11.6 Å². The maximum absolute atomic E-state index is 14.6. The number of carbonyl (C=O) groups is 2. The average molecular weight is 682 g/mol. The molecule has 2 N–H and O–H groups in total. The Balaban J connectivity index is 1.63. The van der Waals surface area contributed by atoms with Crippen molar-refractivity contribution in [3.63, 3.8) is 0 Å². The molecule has 0 aromatic heterocycles. The number of sulfonamides is 1. The molecule has 0 radical (unpaired) electrons. The number of rotatable bonds is 7. The number of fused-ring (bicyclic) bond motifs is 3. The van der Waals surface area contributed by atoms with Gasteiger partial charge >= 0.3 is 18.1 Å². The number of carboxylic acids is 2. The predicted octanol–water partition coefficient (Wildman–Crippen LogP) is 5.69. The Morgan fingerprint density at radius 2 is 1.63 bits per heavy atom. The molecule has 1 saturated heterocycles. The maximum Gasteiger partial charge on any atom is 0.416 e. The van der Waals surface area contributed by atoms with Crippen molar-refractivity contribution in [1.82, 2.24) is 4.90 Å². The second-order valence-electron chi connectivity index (χ2n) is 11.2. The van der Waals surface area contributed by atoms with Crippen molar-refractivity contribution in [3.05, 3.63) is 88.2 Å². The van der Waals surface area contributed by atoms with Gasteiger partial charge in [-0.05, 0) is 67.4 Å². The third kappa shape index (κ3) is 5.80. The van der Waals surface area contributed by atoms with Crippen molar-refractivity contribution in [3.8, 4) is 0 Å². The topological polar surface area (TPSA) is 118 Å². The first kappa shape index (κ1) is 33.2. The lowest BCUT2D eigenvalue weighted by Gasteiger charge is -2.51. The lowest BCUT2D eigenvalue weighted by molar-refractivity contribution is -0.167. The summed E-state index contributed by atoms with van der Waals surface area (Å²) in [4.78, 5) is 26.5. The normalized spacial score (nSPS) is 17.8. The molecule has 0 bridgehead atoms. The van der Waals surface area contributed by atoms with E-state index in [1.807, 2.05) is 4.90 Å². The van der Waals surface area contributed by atoms with Crippen LogP contribution in [0.5, 0.6) is 0 Å². The van der Waals surface area contributed by atoms with Crippen molar-refractivity contribution < 1.29 is 45.8 Å². The van der Waals surface area contributed by atoms with Gasteiger partial charge in [0.2, 0.25) is 5.54 Å². The smallest absolute Gasteiger partial charge is 0.416 e. The molecule has 0 aliphatic carbocycles. The monoisotopic (exact) mass is 681 g/mol. The standard InChI is InChI=1S/C31H28ClF4N3O6S/c1-18(27-23(32)7-4-8-24(27)33)13-19-9-10-25-26(14-19)39(46(44,45)22-6-3-5-20(15-22)31(34,35)36)17-21-16-37(11-12-38(21)25)30(2,28(40)41)29(42)43/h3-10,13-15,21H,11-12,16-17H2,1-2H3,(H,40,41)(H,42,43)/b18-13+. The number of nitrogens with zero attached hydrogens (tertiary/aromatic N) is 3. The van der Waals surface area contributed by atoms with Crippen LogP contribution in [0, 0.1) is 5.82 Å². The van der Waals surface area contributed by atoms with Crippen LogP contribution in [-0.4, -0.2) is 73.2 Å². The number of halogens is 5. The van der Waals surface area contributed by atoms with Crippen LogP contribution in [0.3, 0.4) is 0 Å². The fourth-order valence-electron chi connectivity index (χ4n) is 5.84. The third-order valence-corrected chi connectivity index (χ3v) is 10.5. The summed E-state index contributed by atoms with van der Waals surface area (Å²) in [7, 11) is -4.65. The Labute approximate surface area is 267 Å². The minimum Gasteiger partial charge on any atom is -0.479 e. The van der Waals surface area contributed by atoms with Crippen molar-refractivity contribution in [2.75, 3.05) is 35.4 Å². The highest BCUT2D eigenvalue weighted by molar-refractivity contribution is 7.92. The van der Waals surface area contributed by atoms with Gasteiger partial charge in [0.15, 0.2) is 0 Å². The lowest BCUT2D eigenvalue weighted by atomic mass is 9.95. The van der Waals surface area contributed by atoms with Gasteiger partial charge in [-0.3, -0.25) is 9.21 Å². The molecule has 3 aromatic rings. The van der Waals surface area contributed by atoms with E-state index in [1.54, 1.807) is 25.1 Å². The van der Waals surface area contributed by atoms with Gasteiger partial charge < -0.3 is 15.1 Å². The van der Waals surface area contributed by atoms with Gasteiger partial charge in [0, 0.05) is 25.2 Å². The molecule has 0 spiro atoms. The van der Waals surface area contributed by atoms with Gasteiger partial charge in [0.05, 0.1) is 39.4 Å². The largest absolute Gasteiger partial charge is 0.479 e. The third-order valence-electron chi connectivity index (χ3n) is 8.39. The van der Waals surface area contributed by atoms with Crippen LogP contribution in [0.2, 0.25) is 5.02 Å². The van der Waals surface area contributed by atoms with Crippen LogP contribution < -0.4 is 9.21 Å². The Kier molecular flexibility index (Phi) is 8.60. The van der Waals surface area contributed by atoms with Crippen molar-refractivity contribution in [2.24, 2.45) is 0 Å². The number of anilines is 2. The van der Waals surface area contributed by atoms with E-state index in [-0.39, 0.29) is 42.5 Å². The molecular weight excluding hydrogens is 654 g/mol. The Morgan fingerprint density at radius 3 is 2.26 bits per heavy atom. The van der Waals surface area contributed by atoms with E-state index in [2.05, 4.69) is 0 Å². The first-order chi connectivity index (χ1) is 21.5. The van der Waals surface area contributed by atoms with Gasteiger partial charge in [0.1, 0.15) is 5.82 Å². The number of allylic oxidation sites excluding steroid dienone is 1. The van der Waals surface area contributed by atoms with Gasteiger partial charge in [-0.15, -0.1) is 0 Å². The molecule has 3 aromatic carbocycles. The number of hydrogen-bond donors (Lipinski definition) is 2. The molecule has 46 heavy (non-hydrogen) atoms.